The molecule has 1 aliphatic rings. The summed E-state index contributed by atoms with van der Waals surface area (Å²) in [6.45, 7) is 7.84. The number of nitrogens with one attached hydrogen (secondary N) is 1. The van der Waals surface area contributed by atoms with Crippen molar-refractivity contribution in [1.29, 1.82) is 0 Å². The zero-order valence-corrected chi connectivity index (χ0v) is 14.2. The van der Waals surface area contributed by atoms with Gasteiger partial charge in [0.2, 0.25) is 0 Å². The van der Waals surface area contributed by atoms with Gasteiger partial charge in [-0.3, -0.25) is 10.1 Å². The molecule has 0 spiro atoms. The van der Waals surface area contributed by atoms with Crippen LogP contribution in [0, 0.1) is 12.8 Å². The predicted molar refractivity (Wildman–Crippen MR) is 90.7 cm³/mol. The van der Waals surface area contributed by atoms with Crippen LogP contribution in [0.2, 0.25) is 0 Å². The van der Waals surface area contributed by atoms with Crippen LogP contribution in [0.1, 0.15) is 42.6 Å². The second-order valence-electron chi connectivity index (χ2n) is 6.25. The van der Waals surface area contributed by atoms with Crippen LogP contribution in [-0.2, 0) is 9.47 Å². The molecular weight excluding hydrogens is 292 g/mol. The Morgan fingerprint density at radius 3 is 2.87 bits per heavy atom. The molecule has 1 aliphatic heterocycles. The molecule has 1 amide bonds. The summed E-state index contributed by atoms with van der Waals surface area (Å²) in [5, 5.41) is 2.79. The van der Waals surface area contributed by atoms with Crippen molar-refractivity contribution < 1.29 is 14.3 Å². The SMILES string of the molecule is Cc1ccccc1C(=O)NC(=NC[C@H]1CCCO1)OCC(C)C. The number of aryl methyl sites for hydroxylation is 1. The van der Waals surface area contributed by atoms with E-state index in [4.69, 9.17) is 9.47 Å². The number of nitrogens with zero attached hydrogens (tertiary/aromatic N) is 1. The quantitative estimate of drug-likeness (QED) is 0.671. The summed E-state index contributed by atoms with van der Waals surface area (Å²) >= 11 is 0. The van der Waals surface area contributed by atoms with Gasteiger partial charge in [0.05, 0.1) is 19.3 Å². The molecule has 1 aromatic rings. The molecule has 0 bridgehead atoms. The Morgan fingerprint density at radius 1 is 1.43 bits per heavy atom. The van der Waals surface area contributed by atoms with E-state index >= 15 is 0 Å². The first-order chi connectivity index (χ1) is 11.1. The summed E-state index contributed by atoms with van der Waals surface area (Å²) in [5.41, 5.74) is 1.55. The largest absolute Gasteiger partial charge is 0.465 e. The first-order valence-electron chi connectivity index (χ1n) is 8.22. The molecular formula is C18H26N2O3. The van der Waals surface area contributed by atoms with Crippen LogP contribution in [0.4, 0.5) is 0 Å². The van der Waals surface area contributed by atoms with Crippen LogP contribution >= 0.6 is 0 Å². The first kappa shape index (κ1) is 17.5. The van der Waals surface area contributed by atoms with Gasteiger partial charge in [0.15, 0.2) is 0 Å². The number of aliphatic imine (C=N–C) groups is 1. The summed E-state index contributed by atoms with van der Waals surface area (Å²) in [7, 11) is 0. The lowest BCUT2D eigenvalue weighted by atomic mass is 10.1. The van der Waals surface area contributed by atoms with Crippen molar-refractivity contribution in [1.82, 2.24) is 5.32 Å². The van der Waals surface area contributed by atoms with Gasteiger partial charge in [0.1, 0.15) is 0 Å². The average molecular weight is 318 g/mol. The lowest BCUT2D eigenvalue weighted by Gasteiger charge is -2.14. The standard InChI is InChI=1S/C18H26N2O3/c1-13(2)12-23-18(19-11-15-8-6-10-22-15)20-17(21)16-9-5-4-7-14(16)3/h4-5,7,9,13,15H,6,8,10-12H2,1-3H3,(H,19,20,21)/t15-/m1/s1. The van der Waals surface area contributed by atoms with Gasteiger partial charge in [-0.25, -0.2) is 4.99 Å². The first-order valence-corrected chi connectivity index (χ1v) is 8.22. The number of rotatable bonds is 5. The number of hydrogen-bond acceptors (Lipinski definition) is 4. The number of hydrogen-bond donors (Lipinski definition) is 1. The summed E-state index contributed by atoms with van der Waals surface area (Å²) in [4.78, 5) is 16.8. The van der Waals surface area contributed by atoms with E-state index in [9.17, 15) is 4.79 Å². The van der Waals surface area contributed by atoms with Gasteiger partial charge in [0, 0.05) is 12.2 Å². The Morgan fingerprint density at radius 2 is 2.22 bits per heavy atom. The molecule has 1 aromatic carbocycles. The highest BCUT2D eigenvalue weighted by atomic mass is 16.5. The van der Waals surface area contributed by atoms with Crippen LogP contribution in [-0.4, -0.2) is 37.8 Å². The third-order valence-electron chi connectivity index (χ3n) is 3.63. The van der Waals surface area contributed by atoms with Crippen LogP contribution in [0.5, 0.6) is 0 Å². The lowest BCUT2D eigenvalue weighted by molar-refractivity contribution is 0.0959. The zero-order valence-electron chi connectivity index (χ0n) is 14.2. The normalized spacial score (nSPS) is 18.3. The summed E-state index contributed by atoms with van der Waals surface area (Å²) < 4.78 is 11.2. The fourth-order valence-corrected chi connectivity index (χ4v) is 2.33. The van der Waals surface area contributed by atoms with Crippen molar-refractivity contribution in [3.05, 3.63) is 35.4 Å². The molecule has 5 nitrogen and oxygen atoms in total. The van der Waals surface area contributed by atoms with Crippen molar-refractivity contribution in [3.63, 3.8) is 0 Å². The van der Waals surface area contributed by atoms with Gasteiger partial charge in [-0.15, -0.1) is 0 Å². The zero-order chi connectivity index (χ0) is 16.7. The molecule has 126 valence electrons. The Kier molecular flexibility index (Phi) is 6.59. The molecule has 1 heterocycles. The minimum Gasteiger partial charge on any atom is -0.465 e. The second kappa shape index (κ2) is 8.67. The molecule has 0 saturated carbocycles. The summed E-state index contributed by atoms with van der Waals surface area (Å²) in [5.74, 6) is 0.163. The van der Waals surface area contributed by atoms with Gasteiger partial charge in [-0.2, -0.15) is 0 Å². The van der Waals surface area contributed by atoms with Crippen molar-refractivity contribution in [2.24, 2.45) is 10.9 Å². The molecule has 0 radical (unpaired) electrons. The average Bonchev–Trinajstić information content (AvgIpc) is 3.03. The molecule has 0 aromatic heterocycles. The Hall–Kier alpha value is -1.88. The number of carbonyl (C=O) groups excluding carboxylic acids is 1. The molecule has 5 heteroatoms. The molecule has 0 aliphatic carbocycles. The third kappa shape index (κ3) is 5.67. The molecule has 1 fully saturated rings. The van der Waals surface area contributed by atoms with E-state index in [1.54, 1.807) is 6.07 Å². The van der Waals surface area contributed by atoms with Crippen LogP contribution in [0.15, 0.2) is 29.3 Å². The van der Waals surface area contributed by atoms with E-state index in [1.165, 1.54) is 0 Å². The van der Waals surface area contributed by atoms with Crippen LogP contribution < -0.4 is 5.32 Å². The Balaban J connectivity index is 2.02. The molecule has 1 atom stereocenters. The third-order valence-corrected chi connectivity index (χ3v) is 3.63. The number of amidine groups is 1. The second-order valence-corrected chi connectivity index (χ2v) is 6.25. The van der Waals surface area contributed by atoms with Crippen molar-refractivity contribution >= 4 is 11.9 Å². The predicted octanol–water partition coefficient (Wildman–Crippen LogP) is 2.93. The molecule has 1 N–H and O–H groups in total. The van der Waals surface area contributed by atoms with Crippen molar-refractivity contribution in [3.8, 4) is 0 Å². The molecule has 0 unspecified atom stereocenters. The van der Waals surface area contributed by atoms with Crippen molar-refractivity contribution in [2.45, 2.75) is 39.7 Å². The fourth-order valence-electron chi connectivity index (χ4n) is 2.33. The number of benzene rings is 1. The van der Waals surface area contributed by atoms with E-state index in [-0.39, 0.29) is 18.0 Å². The van der Waals surface area contributed by atoms with E-state index in [0.29, 0.717) is 24.6 Å². The number of amides is 1. The minimum absolute atomic E-state index is 0.128. The highest BCUT2D eigenvalue weighted by Crippen LogP contribution is 2.12. The number of ether oxygens (including phenoxy) is 2. The van der Waals surface area contributed by atoms with Crippen LogP contribution in [0.25, 0.3) is 0 Å². The highest BCUT2D eigenvalue weighted by molar-refractivity contribution is 6.04. The maximum atomic E-state index is 12.4. The topological polar surface area (TPSA) is 59.9 Å². The highest BCUT2D eigenvalue weighted by Gasteiger charge is 2.17. The van der Waals surface area contributed by atoms with E-state index < -0.39 is 0 Å². The molecule has 2 rings (SSSR count). The maximum Gasteiger partial charge on any atom is 0.291 e. The van der Waals surface area contributed by atoms with Crippen molar-refractivity contribution in [2.75, 3.05) is 19.8 Å². The van der Waals surface area contributed by atoms with Gasteiger partial charge in [0.25, 0.3) is 11.9 Å². The molecule has 1 saturated heterocycles. The maximum absolute atomic E-state index is 12.4. The Labute approximate surface area is 138 Å². The summed E-state index contributed by atoms with van der Waals surface area (Å²) in [6.07, 6.45) is 2.20. The van der Waals surface area contributed by atoms with E-state index in [1.807, 2.05) is 25.1 Å². The van der Waals surface area contributed by atoms with Gasteiger partial charge in [-0.05, 0) is 37.3 Å². The van der Waals surface area contributed by atoms with Gasteiger partial charge < -0.3 is 9.47 Å². The van der Waals surface area contributed by atoms with Gasteiger partial charge in [-0.1, -0.05) is 32.0 Å². The monoisotopic (exact) mass is 318 g/mol. The fraction of sp³-hybridized carbons (Fsp3) is 0.556. The lowest BCUT2D eigenvalue weighted by Crippen LogP contribution is -2.34. The van der Waals surface area contributed by atoms with E-state index in [2.05, 4.69) is 24.2 Å². The smallest absolute Gasteiger partial charge is 0.291 e. The minimum atomic E-state index is -0.196. The van der Waals surface area contributed by atoms with E-state index in [0.717, 1.165) is 25.0 Å². The van der Waals surface area contributed by atoms with Crippen LogP contribution in [0.3, 0.4) is 0 Å². The molecule has 23 heavy (non-hydrogen) atoms. The van der Waals surface area contributed by atoms with Gasteiger partial charge >= 0.3 is 0 Å². The summed E-state index contributed by atoms with van der Waals surface area (Å²) in [6, 6.07) is 7.74. The Bertz CT molecular complexity index is 549. The number of carbonyl (C=O) groups is 1.